The Morgan fingerprint density at radius 2 is 1.64 bits per heavy atom. The summed E-state index contributed by atoms with van der Waals surface area (Å²) in [7, 11) is 3.03. The number of methoxy groups -OCH3 is 2. The molecule has 1 aliphatic heterocycles. The summed E-state index contributed by atoms with van der Waals surface area (Å²) in [6.45, 7) is 8.16. The van der Waals surface area contributed by atoms with Gasteiger partial charge in [-0.15, -0.1) is 0 Å². The van der Waals surface area contributed by atoms with Gasteiger partial charge in [-0.2, -0.15) is 5.26 Å². The second-order valence-corrected chi connectivity index (χ2v) is 12.2. The number of nitro benzene ring substituents is 1. The maximum Gasteiger partial charge on any atom is 0.296 e. The minimum Gasteiger partial charge on any atom is -0.497 e. The van der Waals surface area contributed by atoms with Gasteiger partial charge in [0.25, 0.3) is 5.69 Å². The quantitative estimate of drug-likeness (QED) is 0.217. The molecular formula is C35H36N4O6. The molecule has 1 atom stereocenters. The Labute approximate surface area is 262 Å². The Morgan fingerprint density at radius 3 is 2.27 bits per heavy atom. The number of anilines is 1. The highest BCUT2D eigenvalue weighted by Crippen LogP contribution is 2.52. The Morgan fingerprint density at radius 1 is 1.00 bits per heavy atom. The van der Waals surface area contributed by atoms with Crippen LogP contribution < -0.4 is 24.8 Å². The van der Waals surface area contributed by atoms with Crippen molar-refractivity contribution in [3.05, 3.63) is 110 Å². The van der Waals surface area contributed by atoms with Crippen LogP contribution in [0.3, 0.4) is 0 Å². The largest absolute Gasteiger partial charge is 0.497 e. The molecule has 2 N–H and O–H groups in total. The number of rotatable bonds is 8. The standard InChI is InChI=1S/C35H36N4O6/c1-20-13-21(2)26(14-22(20)19-45-24-9-7-23(43-5)8-10-24)32-27(18-36)34(37)38(30-16-35(3,4)17-31(40)33(30)32)28-12-11-25(44-6)15-29(28)39(41)42/h7-15,32H,16-17,19,37H2,1-6H3. The van der Waals surface area contributed by atoms with Crippen molar-refractivity contribution in [2.24, 2.45) is 11.1 Å². The number of carbonyl (C=O) groups excluding carboxylic acids is 1. The van der Waals surface area contributed by atoms with E-state index in [1.165, 1.54) is 18.1 Å². The van der Waals surface area contributed by atoms with Crippen LogP contribution in [-0.2, 0) is 11.4 Å². The van der Waals surface area contributed by atoms with Gasteiger partial charge in [0, 0.05) is 17.7 Å². The van der Waals surface area contributed by atoms with E-state index < -0.39 is 16.3 Å². The van der Waals surface area contributed by atoms with Crippen molar-refractivity contribution in [1.29, 1.82) is 5.26 Å². The lowest BCUT2D eigenvalue weighted by Gasteiger charge is -2.43. The first kappa shape index (κ1) is 31.1. The molecule has 0 saturated heterocycles. The number of hydrogen-bond acceptors (Lipinski definition) is 9. The molecule has 232 valence electrons. The number of nitro groups is 1. The molecule has 0 fully saturated rings. The number of Topliss-reactive ketones (excluding diaryl/α,β-unsaturated/α-hetero) is 1. The van der Waals surface area contributed by atoms with E-state index in [4.69, 9.17) is 19.9 Å². The van der Waals surface area contributed by atoms with E-state index in [0.717, 1.165) is 28.0 Å². The zero-order valence-electron chi connectivity index (χ0n) is 26.3. The van der Waals surface area contributed by atoms with Gasteiger partial charge in [-0.05, 0) is 84.3 Å². The predicted octanol–water partition coefficient (Wildman–Crippen LogP) is 6.75. The normalized spacial score (nSPS) is 17.5. The summed E-state index contributed by atoms with van der Waals surface area (Å²) in [6, 6.07) is 18.0. The molecule has 0 spiro atoms. The molecule has 10 nitrogen and oxygen atoms in total. The zero-order valence-corrected chi connectivity index (χ0v) is 26.3. The molecule has 1 unspecified atom stereocenters. The molecule has 2 aliphatic rings. The van der Waals surface area contributed by atoms with Crippen LogP contribution in [0.15, 0.2) is 77.3 Å². The van der Waals surface area contributed by atoms with Crippen LogP contribution in [0.5, 0.6) is 17.2 Å². The summed E-state index contributed by atoms with van der Waals surface area (Å²) in [5.74, 6) is 0.878. The van der Waals surface area contributed by atoms with Gasteiger partial charge < -0.3 is 19.9 Å². The average molecular weight is 609 g/mol. The van der Waals surface area contributed by atoms with Crippen molar-refractivity contribution < 1.29 is 23.9 Å². The lowest BCUT2D eigenvalue weighted by molar-refractivity contribution is -0.384. The number of allylic oxidation sites excluding steroid dienone is 3. The molecule has 45 heavy (non-hydrogen) atoms. The lowest BCUT2D eigenvalue weighted by atomic mass is 9.68. The molecule has 5 rings (SSSR count). The molecule has 3 aromatic carbocycles. The van der Waals surface area contributed by atoms with E-state index in [-0.39, 0.29) is 41.6 Å². The summed E-state index contributed by atoms with van der Waals surface area (Å²) < 4.78 is 16.6. The molecule has 1 aliphatic carbocycles. The molecule has 0 amide bonds. The summed E-state index contributed by atoms with van der Waals surface area (Å²) in [5.41, 5.74) is 11.0. The van der Waals surface area contributed by atoms with Gasteiger partial charge >= 0.3 is 0 Å². The number of nitrogens with two attached hydrogens (primary N) is 1. The van der Waals surface area contributed by atoms with Crippen LogP contribution >= 0.6 is 0 Å². The van der Waals surface area contributed by atoms with Gasteiger partial charge in [0.2, 0.25) is 0 Å². The number of hydrogen-bond donors (Lipinski definition) is 1. The number of aryl methyl sites for hydroxylation is 2. The number of nitrogens with zero attached hydrogens (tertiary/aromatic N) is 3. The Bertz CT molecular complexity index is 1800. The smallest absolute Gasteiger partial charge is 0.296 e. The van der Waals surface area contributed by atoms with Gasteiger partial charge in [-0.1, -0.05) is 26.0 Å². The number of ether oxygens (including phenoxy) is 3. The van der Waals surface area contributed by atoms with E-state index in [1.54, 1.807) is 19.2 Å². The Kier molecular flexibility index (Phi) is 8.30. The van der Waals surface area contributed by atoms with Crippen LogP contribution in [0.2, 0.25) is 0 Å². The van der Waals surface area contributed by atoms with Crippen LogP contribution in [-0.4, -0.2) is 24.9 Å². The SMILES string of the molecule is COc1ccc(OCc2cc(C3C(C#N)=C(N)N(c4ccc(OC)cc4[N+](=O)[O-])C4=C3C(=O)CC(C)(C)C4)c(C)cc2C)cc1. The highest BCUT2D eigenvalue weighted by molar-refractivity contribution is 6.02. The Hall–Kier alpha value is -5.30. The third-order valence-electron chi connectivity index (χ3n) is 8.49. The number of benzene rings is 3. The molecular weight excluding hydrogens is 572 g/mol. The predicted molar refractivity (Wildman–Crippen MR) is 170 cm³/mol. The number of nitriles is 1. The molecule has 0 radical (unpaired) electrons. The van der Waals surface area contributed by atoms with E-state index in [0.29, 0.717) is 29.2 Å². The van der Waals surface area contributed by atoms with Crippen molar-refractivity contribution in [1.82, 2.24) is 0 Å². The first-order chi connectivity index (χ1) is 21.4. The van der Waals surface area contributed by atoms with Crippen LogP contribution in [0.1, 0.15) is 54.9 Å². The fraction of sp³-hybridized carbons (Fsp3) is 0.314. The monoisotopic (exact) mass is 608 g/mol. The topological polar surface area (TPSA) is 141 Å². The van der Waals surface area contributed by atoms with Crippen LogP contribution in [0.4, 0.5) is 11.4 Å². The average Bonchev–Trinajstić information content (AvgIpc) is 2.99. The third kappa shape index (κ3) is 5.81. The lowest BCUT2D eigenvalue weighted by Crippen LogP contribution is -2.42. The maximum absolute atomic E-state index is 14.1. The van der Waals surface area contributed by atoms with E-state index in [1.807, 2.05) is 64.1 Å². The highest BCUT2D eigenvalue weighted by atomic mass is 16.6. The fourth-order valence-corrected chi connectivity index (χ4v) is 6.28. The minimum absolute atomic E-state index is 0.0519. The molecule has 0 aromatic heterocycles. The summed E-state index contributed by atoms with van der Waals surface area (Å²) in [6.07, 6.45) is 0.684. The summed E-state index contributed by atoms with van der Waals surface area (Å²) in [5, 5.41) is 22.8. The first-order valence-corrected chi connectivity index (χ1v) is 14.5. The van der Waals surface area contributed by atoms with Crippen molar-refractivity contribution in [2.75, 3.05) is 19.1 Å². The minimum atomic E-state index is -0.748. The van der Waals surface area contributed by atoms with Crippen molar-refractivity contribution >= 4 is 17.2 Å². The first-order valence-electron chi connectivity index (χ1n) is 14.5. The van der Waals surface area contributed by atoms with Crippen molar-refractivity contribution in [2.45, 2.75) is 53.1 Å². The van der Waals surface area contributed by atoms with E-state index in [2.05, 4.69) is 6.07 Å². The van der Waals surface area contributed by atoms with Gasteiger partial charge in [0.05, 0.1) is 42.8 Å². The van der Waals surface area contributed by atoms with Gasteiger partial charge in [-0.3, -0.25) is 19.8 Å². The molecule has 0 bridgehead atoms. The summed E-state index contributed by atoms with van der Waals surface area (Å²) in [4.78, 5) is 27.3. The molecule has 1 heterocycles. The Balaban J connectivity index is 1.67. The number of carbonyl (C=O) groups is 1. The van der Waals surface area contributed by atoms with Gasteiger partial charge in [-0.25, -0.2) is 0 Å². The second-order valence-electron chi connectivity index (χ2n) is 12.2. The number of ketones is 1. The van der Waals surface area contributed by atoms with E-state index >= 15 is 0 Å². The van der Waals surface area contributed by atoms with Crippen molar-refractivity contribution in [3.8, 4) is 23.3 Å². The van der Waals surface area contributed by atoms with E-state index in [9.17, 15) is 20.2 Å². The maximum atomic E-state index is 14.1. The molecule has 3 aromatic rings. The van der Waals surface area contributed by atoms with Crippen molar-refractivity contribution in [3.63, 3.8) is 0 Å². The van der Waals surface area contributed by atoms with Crippen LogP contribution in [0, 0.1) is 40.7 Å². The summed E-state index contributed by atoms with van der Waals surface area (Å²) >= 11 is 0. The van der Waals surface area contributed by atoms with Gasteiger partial charge in [0.15, 0.2) is 5.78 Å². The van der Waals surface area contributed by atoms with Gasteiger partial charge in [0.1, 0.15) is 35.4 Å². The highest BCUT2D eigenvalue weighted by Gasteiger charge is 2.46. The molecule has 10 heteroatoms. The zero-order chi connectivity index (χ0) is 32.6. The molecule has 0 saturated carbocycles. The van der Waals surface area contributed by atoms with Crippen LogP contribution in [0.25, 0.3) is 0 Å². The fourth-order valence-electron chi connectivity index (χ4n) is 6.28. The second kappa shape index (κ2) is 12.0. The third-order valence-corrected chi connectivity index (χ3v) is 8.49.